The van der Waals surface area contributed by atoms with Gasteiger partial charge in [0.25, 0.3) is 0 Å². The Morgan fingerprint density at radius 1 is 1.47 bits per heavy atom. The molecule has 3 heteroatoms. The van der Waals surface area contributed by atoms with E-state index < -0.39 is 0 Å². The van der Waals surface area contributed by atoms with E-state index in [1.807, 2.05) is 17.8 Å². The highest BCUT2D eigenvalue weighted by atomic mass is 35.5. The maximum Gasteiger partial charge on any atom is 0.0452 e. The minimum absolute atomic E-state index is 0.0728. The molecule has 1 heterocycles. The largest absolute Gasteiger partial charge is 0.323 e. The van der Waals surface area contributed by atoms with Gasteiger partial charge in [0.05, 0.1) is 0 Å². The third-order valence-corrected chi connectivity index (χ3v) is 4.82. The van der Waals surface area contributed by atoms with Crippen LogP contribution < -0.4 is 5.73 Å². The summed E-state index contributed by atoms with van der Waals surface area (Å²) in [4.78, 5) is 0. The molecule has 0 amide bonds. The molecule has 2 N–H and O–H groups in total. The number of nitrogens with two attached hydrogens (primary N) is 1. The van der Waals surface area contributed by atoms with Crippen LogP contribution in [0.25, 0.3) is 0 Å². The van der Waals surface area contributed by atoms with Crippen molar-refractivity contribution >= 4 is 23.4 Å². The Kier molecular flexibility index (Phi) is 2.78. The lowest BCUT2D eigenvalue weighted by Gasteiger charge is -2.37. The van der Waals surface area contributed by atoms with Gasteiger partial charge in [-0.3, -0.25) is 0 Å². The molecule has 0 aliphatic carbocycles. The number of rotatable bonds is 0. The van der Waals surface area contributed by atoms with Crippen molar-refractivity contribution in [2.75, 3.05) is 0 Å². The first-order valence-corrected chi connectivity index (χ1v) is 6.46. The molecule has 1 nitrogen and oxygen atoms in total. The van der Waals surface area contributed by atoms with Crippen LogP contribution in [0.3, 0.4) is 0 Å². The topological polar surface area (TPSA) is 26.0 Å². The number of hydrogen-bond acceptors (Lipinski definition) is 2. The fourth-order valence-electron chi connectivity index (χ4n) is 1.95. The Bertz CT molecular complexity index is 401. The van der Waals surface area contributed by atoms with Crippen molar-refractivity contribution in [1.29, 1.82) is 0 Å². The smallest absolute Gasteiger partial charge is 0.0452 e. The Labute approximate surface area is 100 Å². The second-order valence-electron chi connectivity index (χ2n) is 4.68. The molecular formula is C12H16ClNS. The molecule has 0 saturated heterocycles. The van der Waals surface area contributed by atoms with Crippen molar-refractivity contribution in [1.82, 2.24) is 0 Å². The summed E-state index contributed by atoms with van der Waals surface area (Å²) in [6, 6.07) is 4.27. The predicted molar refractivity (Wildman–Crippen MR) is 68.5 cm³/mol. The van der Waals surface area contributed by atoms with Crippen LogP contribution in [0.4, 0.5) is 0 Å². The van der Waals surface area contributed by atoms with E-state index in [-0.39, 0.29) is 10.8 Å². The van der Waals surface area contributed by atoms with E-state index in [9.17, 15) is 0 Å². The second kappa shape index (κ2) is 3.69. The van der Waals surface area contributed by atoms with Crippen LogP contribution in [0.1, 0.15) is 36.6 Å². The molecule has 82 valence electrons. The highest BCUT2D eigenvalue weighted by Gasteiger charge is 2.34. The second-order valence-corrected chi connectivity index (χ2v) is 6.72. The summed E-state index contributed by atoms with van der Waals surface area (Å²) >= 11 is 8.12. The van der Waals surface area contributed by atoms with Gasteiger partial charge in [-0.15, -0.1) is 11.8 Å². The summed E-state index contributed by atoms with van der Waals surface area (Å²) in [7, 11) is 0. The van der Waals surface area contributed by atoms with Crippen molar-refractivity contribution in [3.8, 4) is 0 Å². The van der Waals surface area contributed by atoms with Gasteiger partial charge in [0.1, 0.15) is 0 Å². The molecule has 1 atom stereocenters. The van der Waals surface area contributed by atoms with Gasteiger partial charge in [0.2, 0.25) is 0 Å². The Morgan fingerprint density at radius 3 is 2.80 bits per heavy atom. The summed E-state index contributed by atoms with van der Waals surface area (Å²) in [6.07, 6.45) is 0. The van der Waals surface area contributed by atoms with Crippen LogP contribution >= 0.6 is 23.4 Å². The van der Waals surface area contributed by atoms with Gasteiger partial charge >= 0.3 is 0 Å². The lowest BCUT2D eigenvalue weighted by Crippen LogP contribution is -2.36. The maximum absolute atomic E-state index is 6.28. The number of benzene rings is 1. The van der Waals surface area contributed by atoms with Crippen LogP contribution in [0.5, 0.6) is 0 Å². The molecule has 0 radical (unpaired) electrons. The molecular weight excluding hydrogens is 226 g/mol. The molecule has 2 rings (SSSR count). The van der Waals surface area contributed by atoms with E-state index in [4.69, 9.17) is 17.3 Å². The van der Waals surface area contributed by atoms with E-state index in [2.05, 4.69) is 26.8 Å². The number of thioether (sulfide) groups is 1. The molecule has 1 aliphatic heterocycles. The molecule has 0 spiro atoms. The van der Waals surface area contributed by atoms with Crippen LogP contribution in [-0.2, 0) is 5.75 Å². The first-order valence-electron chi connectivity index (χ1n) is 5.10. The van der Waals surface area contributed by atoms with Crippen molar-refractivity contribution in [2.45, 2.75) is 37.3 Å². The van der Waals surface area contributed by atoms with Gasteiger partial charge in [-0.2, -0.15) is 0 Å². The Hall–Kier alpha value is -0.180. The van der Waals surface area contributed by atoms with Gasteiger partial charge < -0.3 is 5.73 Å². The average Bonchev–Trinajstić information content (AvgIpc) is 2.12. The zero-order valence-corrected chi connectivity index (χ0v) is 10.9. The molecule has 0 bridgehead atoms. The number of aryl methyl sites for hydroxylation is 1. The maximum atomic E-state index is 6.28. The lowest BCUT2D eigenvalue weighted by atomic mass is 9.91. The van der Waals surface area contributed by atoms with Crippen LogP contribution in [0.2, 0.25) is 5.02 Å². The fraction of sp³-hybridized carbons (Fsp3) is 0.500. The van der Waals surface area contributed by atoms with E-state index >= 15 is 0 Å². The Morgan fingerprint density at radius 2 is 2.13 bits per heavy atom. The normalized spacial score (nSPS) is 23.7. The molecule has 15 heavy (non-hydrogen) atoms. The Balaban J connectivity index is 2.56. The number of fused-ring (bicyclic) bond motifs is 1. The molecule has 1 aromatic rings. The number of halogens is 1. The van der Waals surface area contributed by atoms with Gasteiger partial charge in [-0.1, -0.05) is 17.7 Å². The zero-order chi connectivity index (χ0) is 11.2. The van der Waals surface area contributed by atoms with Crippen LogP contribution in [0, 0.1) is 6.92 Å². The van der Waals surface area contributed by atoms with Crippen molar-refractivity contribution in [3.63, 3.8) is 0 Å². The first-order chi connectivity index (χ1) is 6.92. The van der Waals surface area contributed by atoms with Crippen LogP contribution in [0.15, 0.2) is 12.1 Å². The molecule has 1 aliphatic rings. The van der Waals surface area contributed by atoms with Gasteiger partial charge in [-0.25, -0.2) is 0 Å². The van der Waals surface area contributed by atoms with Crippen molar-refractivity contribution in [2.24, 2.45) is 5.73 Å². The molecule has 0 saturated carbocycles. The highest BCUT2D eigenvalue weighted by molar-refractivity contribution is 8.00. The van der Waals surface area contributed by atoms with E-state index in [1.165, 1.54) is 16.7 Å². The van der Waals surface area contributed by atoms with Gasteiger partial charge in [0.15, 0.2) is 0 Å². The zero-order valence-electron chi connectivity index (χ0n) is 9.30. The van der Waals surface area contributed by atoms with Gasteiger partial charge in [0, 0.05) is 21.6 Å². The highest BCUT2D eigenvalue weighted by Crippen LogP contribution is 2.46. The van der Waals surface area contributed by atoms with Crippen LogP contribution in [-0.4, -0.2) is 4.75 Å². The predicted octanol–water partition coefficient (Wildman–Crippen LogP) is 3.67. The SMILES string of the molecule is Cc1cc(Cl)c2c(c1)C(N)C(C)(C)SC2. The quantitative estimate of drug-likeness (QED) is 0.750. The monoisotopic (exact) mass is 241 g/mol. The first kappa shape index (κ1) is 11.3. The van der Waals surface area contributed by atoms with Crippen molar-refractivity contribution in [3.05, 3.63) is 33.8 Å². The lowest BCUT2D eigenvalue weighted by molar-refractivity contribution is 0.552. The summed E-state index contributed by atoms with van der Waals surface area (Å²) in [6.45, 7) is 6.46. The fourth-order valence-corrected chi connectivity index (χ4v) is 3.52. The summed E-state index contributed by atoms with van der Waals surface area (Å²) in [5.41, 5.74) is 9.92. The molecule has 0 fully saturated rings. The minimum Gasteiger partial charge on any atom is -0.323 e. The van der Waals surface area contributed by atoms with E-state index in [0.717, 1.165) is 10.8 Å². The minimum atomic E-state index is 0.0728. The van der Waals surface area contributed by atoms with Gasteiger partial charge in [-0.05, 0) is 43.5 Å². The summed E-state index contributed by atoms with van der Waals surface area (Å²) in [5.74, 6) is 0.967. The van der Waals surface area contributed by atoms with E-state index in [1.54, 1.807) is 0 Å². The summed E-state index contributed by atoms with van der Waals surface area (Å²) in [5, 5.41) is 0.864. The van der Waals surface area contributed by atoms with Crippen molar-refractivity contribution < 1.29 is 0 Å². The molecule has 1 aromatic carbocycles. The standard InChI is InChI=1S/C12H16ClNS/c1-7-4-8-9(10(13)5-7)6-15-12(2,3)11(8)14/h4-5,11H,6,14H2,1-3H3. The summed E-state index contributed by atoms with van der Waals surface area (Å²) < 4.78 is 0.101. The third-order valence-electron chi connectivity index (χ3n) is 3.05. The molecule has 0 aromatic heterocycles. The third kappa shape index (κ3) is 1.91. The average molecular weight is 242 g/mol. The molecule has 1 unspecified atom stereocenters. The van der Waals surface area contributed by atoms with E-state index in [0.29, 0.717) is 0 Å². The number of hydrogen-bond donors (Lipinski definition) is 1.